The topological polar surface area (TPSA) is 84.3 Å². The molecule has 114 valence electrons. The van der Waals surface area contributed by atoms with Crippen LogP contribution in [0.25, 0.3) is 0 Å². The zero-order valence-corrected chi connectivity index (χ0v) is 12.0. The van der Waals surface area contributed by atoms with Gasteiger partial charge in [0.25, 0.3) is 0 Å². The fourth-order valence-corrected chi connectivity index (χ4v) is 3.08. The van der Waals surface area contributed by atoms with Crippen LogP contribution in [-0.4, -0.2) is 88.8 Å². The van der Waals surface area contributed by atoms with Crippen LogP contribution in [0.5, 0.6) is 0 Å². The third-order valence-electron chi connectivity index (χ3n) is 4.29. The largest absolute Gasteiger partial charge is 0.480 e. The van der Waals surface area contributed by atoms with Crippen molar-refractivity contribution in [1.29, 1.82) is 0 Å². The number of carbonyl (C=O) groups is 2. The second-order valence-electron chi connectivity index (χ2n) is 5.84. The highest BCUT2D eigenvalue weighted by atomic mass is 16.4. The van der Waals surface area contributed by atoms with Gasteiger partial charge in [-0.1, -0.05) is 0 Å². The summed E-state index contributed by atoms with van der Waals surface area (Å²) in [6, 6.07) is -0.893. The number of aliphatic carboxylic acids is 1. The normalized spacial score (nSPS) is 30.8. The standard InChI is InChI=1S/C13H23N3O4/c1-14-5-3-4-9(14)7-15(2)13(20)16-8-10(17)6-11(16)12(18)19/h9-11,17H,3-8H2,1-2H3,(H,18,19). The number of nitrogens with zero attached hydrogens (tertiary/aromatic N) is 3. The van der Waals surface area contributed by atoms with Gasteiger partial charge in [0.1, 0.15) is 6.04 Å². The molecule has 0 saturated carbocycles. The van der Waals surface area contributed by atoms with Crippen LogP contribution in [0.4, 0.5) is 4.79 Å². The summed E-state index contributed by atoms with van der Waals surface area (Å²) in [6.07, 6.45) is 1.54. The van der Waals surface area contributed by atoms with E-state index in [1.807, 2.05) is 7.05 Å². The molecule has 3 atom stereocenters. The van der Waals surface area contributed by atoms with E-state index in [1.165, 1.54) is 4.90 Å². The predicted molar refractivity (Wildman–Crippen MR) is 72.4 cm³/mol. The zero-order valence-electron chi connectivity index (χ0n) is 12.0. The summed E-state index contributed by atoms with van der Waals surface area (Å²) >= 11 is 0. The van der Waals surface area contributed by atoms with Crippen LogP contribution >= 0.6 is 0 Å². The van der Waals surface area contributed by atoms with Gasteiger partial charge in [-0.25, -0.2) is 9.59 Å². The molecule has 2 aliphatic heterocycles. The number of aliphatic hydroxyl groups excluding tert-OH is 1. The van der Waals surface area contributed by atoms with Crippen molar-refractivity contribution in [2.45, 2.75) is 37.5 Å². The lowest BCUT2D eigenvalue weighted by molar-refractivity contribution is -0.141. The molecule has 7 heteroatoms. The first-order valence-electron chi connectivity index (χ1n) is 7.03. The van der Waals surface area contributed by atoms with Crippen LogP contribution in [0.15, 0.2) is 0 Å². The Hall–Kier alpha value is -1.34. The van der Waals surface area contributed by atoms with Crippen molar-refractivity contribution in [2.24, 2.45) is 0 Å². The summed E-state index contributed by atoms with van der Waals surface area (Å²) in [4.78, 5) is 28.6. The van der Waals surface area contributed by atoms with E-state index in [0.717, 1.165) is 19.4 Å². The predicted octanol–water partition coefficient (Wildman–Crippen LogP) is -0.348. The molecule has 2 aliphatic rings. The minimum Gasteiger partial charge on any atom is -0.480 e. The van der Waals surface area contributed by atoms with Crippen molar-refractivity contribution in [3.05, 3.63) is 0 Å². The molecule has 2 amide bonds. The van der Waals surface area contributed by atoms with Crippen molar-refractivity contribution in [2.75, 3.05) is 33.7 Å². The molecule has 0 spiro atoms. The zero-order chi connectivity index (χ0) is 14.9. The average Bonchev–Trinajstić information content (AvgIpc) is 2.95. The molecular formula is C13H23N3O4. The second kappa shape index (κ2) is 5.97. The van der Waals surface area contributed by atoms with E-state index in [1.54, 1.807) is 11.9 Å². The molecule has 7 nitrogen and oxygen atoms in total. The number of hydrogen-bond acceptors (Lipinski definition) is 4. The summed E-state index contributed by atoms with van der Waals surface area (Å²) in [6.45, 7) is 1.72. The smallest absolute Gasteiger partial charge is 0.326 e. The lowest BCUT2D eigenvalue weighted by atomic mass is 10.2. The lowest BCUT2D eigenvalue weighted by Crippen LogP contribution is -2.49. The first-order chi connectivity index (χ1) is 9.40. The lowest BCUT2D eigenvalue weighted by Gasteiger charge is -2.30. The number of likely N-dealkylation sites (tertiary alicyclic amines) is 2. The van der Waals surface area contributed by atoms with E-state index >= 15 is 0 Å². The third-order valence-corrected chi connectivity index (χ3v) is 4.29. The van der Waals surface area contributed by atoms with Crippen molar-refractivity contribution in [3.8, 4) is 0 Å². The van der Waals surface area contributed by atoms with E-state index in [4.69, 9.17) is 5.11 Å². The van der Waals surface area contributed by atoms with Crippen molar-refractivity contribution in [3.63, 3.8) is 0 Å². The van der Waals surface area contributed by atoms with E-state index in [2.05, 4.69) is 4.90 Å². The average molecular weight is 285 g/mol. The molecular weight excluding hydrogens is 262 g/mol. The Morgan fingerprint density at radius 3 is 2.65 bits per heavy atom. The number of amides is 2. The summed E-state index contributed by atoms with van der Waals surface area (Å²) in [5.74, 6) is -1.05. The SMILES string of the molecule is CN(CC1CCCN1C)C(=O)N1CC(O)CC1C(=O)O. The Labute approximate surface area is 118 Å². The molecule has 2 rings (SSSR count). The van der Waals surface area contributed by atoms with Gasteiger partial charge in [-0.2, -0.15) is 0 Å². The number of carboxylic acid groups (broad SMARTS) is 1. The van der Waals surface area contributed by atoms with E-state index in [0.29, 0.717) is 12.6 Å². The molecule has 0 aromatic heterocycles. The molecule has 0 aliphatic carbocycles. The van der Waals surface area contributed by atoms with Crippen molar-refractivity contribution in [1.82, 2.24) is 14.7 Å². The highest BCUT2D eigenvalue weighted by molar-refractivity contribution is 5.83. The molecule has 3 unspecified atom stereocenters. The second-order valence-corrected chi connectivity index (χ2v) is 5.84. The minimum atomic E-state index is -1.05. The van der Waals surface area contributed by atoms with E-state index < -0.39 is 18.1 Å². The minimum absolute atomic E-state index is 0.0979. The highest BCUT2D eigenvalue weighted by Crippen LogP contribution is 2.21. The van der Waals surface area contributed by atoms with Gasteiger partial charge in [0.2, 0.25) is 0 Å². The van der Waals surface area contributed by atoms with Crippen LogP contribution in [0.2, 0.25) is 0 Å². The number of rotatable bonds is 3. The maximum Gasteiger partial charge on any atom is 0.326 e. The molecule has 20 heavy (non-hydrogen) atoms. The van der Waals surface area contributed by atoms with Gasteiger partial charge in [-0.3, -0.25) is 0 Å². The number of carboxylic acids is 1. The molecule has 2 saturated heterocycles. The number of β-amino-alcohol motifs (C(OH)–C–C–N with tert-alkyl or cyclic N) is 1. The molecule has 0 bridgehead atoms. The number of likely N-dealkylation sites (N-methyl/N-ethyl adjacent to an activating group) is 2. The van der Waals surface area contributed by atoms with E-state index in [9.17, 15) is 14.7 Å². The van der Waals surface area contributed by atoms with Crippen LogP contribution in [0.1, 0.15) is 19.3 Å². The fourth-order valence-electron chi connectivity index (χ4n) is 3.08. The highest BCUT2D eigenvalue weighted by Gasteiger charge is 2.40. The summed E-state index contributed by atoms with van der Waals surface area (Å²) in [5, 5.41) is 18.7. The van der Waals surface area contributed by atoms with E-state index in [-0.39, 0.29) is 19.0 Å². The molecule has 2 N–H and O–H groups in total. The van der Waals surface area contributed by atoms with Crippen molar-refractivity contribution >= 4 is 12.0 Å². The third kappa shape index (κ3) is 3.04. The molecule has 2 heterocycles. The maximum atomic E-state index is 12.4. The Bertz CT molecular complexity index is 390. The fraction of sp³-hybridized carbons (Fsp3) is 0.846. The number of carbonyl (C=O) groups excluding carboxylic acids is 1. The molecule has 0 radical (unpaired) electrons. The van der Waals surface area contributed by atoms with Gasteiger partial charge in [0.15, 0.2) is 0 Å². The van der Waals surface area contributed by atoms with Gasteiger partial charge in [0.05, 0.1) is 6.10 Å². The number of hydrogen-bond donors (Lipinski definition) is 2. The Balaban J connectivity index is 1.97. The molecule has 0 aromatic carbocycles. The molecule has 2 fully saturated rings. The Kier molecular flexibility index (Phi) is 4.49. The first kappa shape index (κ1) is 15.1. The Morgan fingerprint density at radius 1 is 1.40 bits per heavy atom. The van der Waals surface area contributed by atoms with Crippen LogP contribution in [-0.2, 0) is 4.79 Å². The van der Waals surface area contributed by atoms with Crippen LogP contribution in [0.3, 0.4) is 0 Å². The molecule has 0 aromatic rings. The van der Waals surface area contributed by atoms with Crippen LogP contribution in [0, 0.1) is 0 Å². The summed E-state index contributed by atoms with van der Waals surface area (Å²) < 4.78 is 0. The van der Waals surface area contributed by atoms with Gasteiger partial charge < -0.3 is 24.9 Å². The first-order valence-corrected chi connectivity index (χ1v) is 7.03. The number of urea groups is 1. The van der Waals surface area contributed by atoms with Gasteiger partial charge in [0, 0.05) is 32.6 Å². The van der Waals surface area contributed by atoms with Crippen LogP contribution < -0.4 is 0 Å². The van der Waals surface area contributed by atoms with Gasteiger partial charge in [-0.05, 0) is 26.4 Å². The summed E-state index contributed by atoms with van der Waals surface area (Å²) in [5.41, 5.74) is 0. The van der Waals surface area contributed by atoms with Gasteiger partial charge in [-0.15, -0.1) is 0 Å². The summed E-state index contributed by atoms with van der Waals surface area (Å²) in [7, 11) is 3.73. The Morgan fingerprint density at radius 2 is 2.10 bits per heavy atom. The van der Waals surface area contributed by atoms with Crippen molar-refractivity contribution < 1.29 is 19.8 Å². The monoisotopic (exact) mass is 285 g/mol. The quantitative estimate of drug-likeness (QED) is 0.740. The maximum absolute atomic E-state index is 12.4. The van der Waals surface area contributed by atoms with Gasteiger partial charge >= 0.3 is 12.0 Å². The number of aliphatic hydroxyl groups is 1.